The largest absolute Gasteiger partial charge is 0.416 e. The van der Waals surface area contributed by atoms with Crippen LogP contribution in [0.2, 0.25) is 0 Å². The maximum Gasteiger partial charge on any atom is 0.416 e. The Kier molecular flexibility index (Phi) is 6.03. The van der Waals surface area contributed by atoms with Gasteiger partial charge in [0.15, 0.2) is 0 Å². The van der Waals surface area contributed by atoms with E-state index in [0.717, 1.165) is 18.2 Å². The summed E-state index contributed by atoms with van der Waals surface area (Å²) in [6.45, 7) is 2.29. The summed E-state index contributed by atoms with van der Waals surface area (Å²) >= 11 is 0. The molecule has 0 aromatic heterocycles. The van der Waals surface area contributed by atoms with E-state index in [2.05, 4.69) is 11.2 Å². The fourth-order valence-corrected chi connectivity index (χ4v) is 2.10. The van der Waals surface area contributed by atoms with E-state index in [1.807, 2.05) is 0 Å². The summed E-state index contributed by atoms with van der Waals surface area (Å²) in [7, 11) is 0. The molecule has 0 aliphatic carbocycles. The Hall–Kier alpha value is -1.54. The first-order chi connectivity index (χ1) is 9.40. The topological polar surface area (TPSA) is 12.0 Å². The van der Waals surface area contributed by atoms with Gasteiger partial charge in [-0.1, -0.05) is 6.92 Å². The van der Waals surface area contributed by atoms with Gasteiger partial charge in [0.1, 0.15) is 5.82 Å². The van der Waals surface area contributed by atoms with E-state index >= 15 is 0 Å². The number of benzene rings is 1. The summed E-state index contributed by atoms with van der Waals surface area (Å²) in [6, 6.07) is 2.01. The Balaban J connectivity index is 3.10. The van der Waals surface area contributed by atoms with E-state index in [9.17, 15) is 17.6 Å². The lowest BCUT2D eigenvalue weighted by Crippen LogP contribution is -2.24. The number of terminal acetylenes is 1. The standard InChI is InChI=1S/C15H17F4N/c1-3-5-6-7-14(20-4-2)12-10-11(16)8-9-13(12)15(17,18)19/h1,8-10,14,20H,4-7H2,2H3. The van der Waals surface area contributed by atoms with Gasteiger partial charge in [-0.2, -0.15) is 13.2 Å². The van der Waals surface area contributed by atoms with Gasteiger partial charge in [-0.3, -0.25) is 0 Å². The van der Waals surface area contributed by atoms with E-state index in [0.29, 0.717) is 25.8 Å². The monoisotopic (exact) mass is 287 g/mol. The first-order valence-corrected chi connectivity index (χ1v) is 6.43. The molecule has 1 nitrogen and oxygen atoms in total. The molecule has 0 radical (unpaired) electrons. The molecule has 0 fully saturated rings. The highest BCUT2D eigenvalue weighted by atomic mass is 19.4. The zero-order valence-electron chi connectivity index (χ0n) is 11.2. The van der Waals surface area contributed by atoms with Gasteiger partial charge in [-0.05, 0) is 43.1 Å². The van der Waals surface area contributed by atoms with E-state index < -0.39 is 23.6 Å². The minimum absolute atomic E-state index is 0.0589. The molecule has 1 N–H and O–H groups in total. The summed E-state index contributed by atoms with van der Waals surface area (Å²) in [4.78, 5) is 0. The molecule has 1 aromatic rings. The predicted octanol–water partition coefficient (Wildman–Crippen LogP) is 4.30. The molecule has 5 heteroatoms. The fourth-order valence-electron chi connectivity index (χ4n) is 2.10. The molecule has 110 valence electrons. The molecule has 0 saturated carbocycles. The fraction of sp³-hybridized carbons (Fsp3) is 0.467. The third-order valence-electron chi connectivity index (χ3n) is 2.96. The molecular weight excluding hydrogens is 270 g/mol. The van der Waals surface area contributed by atoms with Crippen molar-refractivity contribution in [2.45, 2.75) is 38.4 Å². The second-order valence-corrected chi connectivity index (χ2v) is 4.44. The molecule has 0 aliphatic rings. The van der Waals surface area contributed by atoms with Gasteiger partial charge in [0.2, 0.25) is 0 Å². The molecular formula is C15H17F4N. The second kappa shape index (κ2) is 7.30. The second-order valence-electron chi connectivity index (χ2n) is 4.44. The molecule has 0 amide bonds. The van der Waals surface area contributed by atoms with Gasteiger partial charge in [0.05, 0.1) is 5.56 Å². The minimum Gasteiger partial charge on any atom is -0.310 e. The van der Waals surface area contributed by atoms with Crippen LogP contribution < -0.4 is 5.32 Å². The molecule has 0 aliphatic heterocycles. The lowest BCUT2D eigenvalue weighted by atomic mass is 9.95. The van der Waals surface area contributed by atoms with E-state index in [4.69, 9.17) is 6.42 Å². The Bertz CT molecular complexity index is 474. The van der Waals surface area contributed by atoms with Crippen LogP contribution in [0.1, 0.15) is 43.4 Å². The molecule has 0 bridgehead atoms. The summed E-state index contributed by atoms with van der Waals surface area (Å²) in [5.41, 5.74) is -0.859. The molecule has 0 saturated heterocycles. The van der Waals surface area contributed by atoms with Crippen molar-refractivity contribution >= 4 is 0 Å². The molecule has 1 aromatic carbocycles. The van der Waals surface area contributed by atoms with Gasteiger partial charge in [0, 0.05) is 12.5 Å². The minimum atomic E-state index is -4.50. The van der Waals surface area contributed by atoms with Gasteiger partial charge in [-0.25, -0.2) is 4.39 Å². The average Bonchev–Trinajstić information content (AvgIpc) is 2.36. The molecule has 1 unspecified atom stereocenters. The Morgan fingerprint density at radius 1 is 1.35 bits per heavy atom. The number of rotatable bonds is 6. The van der Waals surface area contributed by atoms with Crippen molar-refractivity contribution in [2.24, 2.45) is 0 Å². The normalized spacial score (nSPS) is 13.0. The molecule has 20 heavy (non-hydrogen) atoms. The highest BCUT2D eigenvalue weighted by Crippen LogP contribution is 2.36. The van der Waals surface area contributed by atoms with E-state index in [1.165, 1.54) is 0 Å². The molecule has 1 atom stereocenters. The number of hydrogen-bond donors (Lipinski definition) is 1. The highest BCUT2D eigenvalue weighted by Gasteiger charge is 2.35. The van der Waals surface area contributed by atoms with Gasteiger partial charge >= 0.3 is 6.18 Å². The van der Waals surface area contributed by atoms with Crippen LogP contribution in [0.25, 0.3) is 0 Å². The third kappa shape index (κ3) is 4.53. The third-order valence-corrected chi connectivity index (χ3v) is 2.96. The zero-order valence-corrected chi connectivity index (χ0v) is 11.2. The summed E-state index contributed by atoms with van der Waals surface area (Å²) in [5.74, 6) is 1.78. The Labute approximate surface area is 116 Å². The number of alkyl halides is 3. The van der Waals surface area contributed by atoms with Crippen molar-refractivity contribution in [3.63, 3.8) is 0 Å². The highest BCUT2D eigenvalue weighted by molar-refractivity contribution is 5.33. The maximum atomic E-state index is 13.3. The Morgan fingerprint density at radius 3 is 2.60 bits per heavy atom. The van der Waals surface area contributed by atoms with Crippen molar-refractivity contribution in [1.82, 2.24) is 5.32 Å². The first-order valence-electron chi connectivity index (χ1n) is 6.43. The molecule has 1 rings (SSSR count). The van der Waals surface area contributed by atoms with Crippen LogP contribution in [0, 0.1) is 18.2 Å². The number of halogens is 4. The van der Waals surface area contributed by atoms with Gasteiger partial charge < -0.3 is 5.32 Å². The quantitative estimate of drug-likeness (QED) is 0.467. The summed E-state index contributed by atoms with van der Waals surface area (Å²) < 4.78 is 52.3. The number of hydrogen-bond acceptors (Lipinski definition) is 1. The van der Waals surface area contributed by atoms with Crippen LogP contribution in [0.5, 0.6) is 0 Å². The van der Waals surface area contributed by atoms with Crippen LogP contribution in [0.4, 0.5) is 17.6 Å². The number of nitrogens with one attached hydrogen (secondary N) is 1. The zero-order chi connectivity index (χ0) is 15.2. The maximum absolute atomic E-state index is 13.3. The van der Waals surface area contributed by atoms with Crippen LogP contribution in [0.15, 0.2) is 18.2 Å². The van der Waals surface area contributed by atoms with E-state index in [1.54, 1.807) is 6.92 Å². The first kappa shape index (κ1) is 16.5. The van der Waals surface area contributed by atoms with Crippen molar-refractivity contribution < 1.29 is 17.6 Å². The average molecular weight is 287 g/mol. The van der Waals surface area contributed by atoms with Crippen molar-refractivity contribution in [2.75, 3.05) is 6.54 Å². The van der Waals surface area contributed by atoms with Crippen LogP contribution in [-0.4, -0.2) is 6.54 Å². The SMILES string of the molecule is C#CCCCC(NCC)c1cc(F)ccc1C(F)(F)F. The lowest BCUT2D eigenvalue weighted by Gasteiger charge is -2.22. The van der Waals surface area contributed by atoms with Gasteiger partial charge in [0.25, 0.3) is 0 Å². The predicted molar refractivity (Wildman–Crippen MR) is 70.5 cm³/mol. The summed E-state index contributed by atoms with van der Waals surface area (Å²) in [5, 5.41) is 2.96. The Morgan fingerprint density at radius 2 is 2.05 bits per heavy atom. The molecule has 0 spiro atoms. The van der Waals surface area contributed by atoms with Crippen molar-refractivity contribution in [1.29, 1.82) is 0 Å². The molecule has 0 heterocycles. The smallest absolute Gasteiger partial charge is 0.310 e. The number of unbranched alkanes of at least 4 members (excludes halogenated alkanes) is 1. The van der Waals surface area contributed by atoms with Crippen LogP contribution >= 0.6 is 0 Å². The van der Waals surface area contributed by atoms with Crippen LogP contribution in [-0.2, 0) is 6.18 Å². The lowest BCUT2D eigenvalue weighted by molar-refractivity contribution is -0.138. The van der Waals surface area contributed by atoms with E-state index in [-0.39, 0.29) is 5.56 Å². The van der Waals surface area contributed by atoms with Crippen LogP contribution in [0.3, 0.4) is 0 Å². The van der Waals surface area contributed by atoms with Crippen molar-refractivity contribution in [3.05, 3.63) is 35.1 Å². The van der Waals surface area contributed by atoms with Gasteiger partial charge in [-0.15, -0.1) is 12.3 Å². The van der Waals surface area contributed by atoms with Crippen molar-refractivity contribution in [3.8, 4) is 12.3 Å². The summed E-state index contributed by atoms with van der Waals surface area (Å²) in [6.07, 6.45) is 2.15.